The molecule has 7 heteroatoms. The molecule has 0 saturated carbocycles. The van der Waals surface area contributed by atoms with E-state index in [9.17, 15) is 4.79 Å². The highest BCUT2D eigenvalue weighted by Crippen LogP contribution is 2.30. The fourth-order valence-corrected chi connectivity index (χ4v) is 4.66. The zero-order chi connectivity index (χ0) is 19.6. The lowest BCUT2D eigenvalue weighted by molar-refractivity contribution is -0.121. The van der Waals surface area contributed by atoms with Gasteiger partial charge in [0.1, 0.15) is 17.8 Å². The molecule has 3 aromatic rings. The maximum absolute atomic E-state index is 12.6. The van der Waals surface area contributed by atoms with Crippen molar-refractivity contribution in [2.45, 2.75) is 37.8 Å². The van der Waals surface area contributed by atoms with Gasteiger partial charge in [0.25, 0.3) is 0 Å². The predicted octanol–water partition coefficient (Wildman–Crippen LogP) is 2.32. The minimum Gasteiger partial charge on any atom is -0.354 e. The van der Waals surface area contributed by atoms with Gasteiger partial charge in [-0.3, -0.25) is 4.79 Å². The Morgan fingerprint density at radius 1 is 1.21 bits per heavy atom. The Morgan fingerprint density at radius 3 is 3.10 bits per heavy atom. The SMILES string of the molecule is O=C(CNC1CCc2ccccc21)NC1CCCN(c2ncnc3[nH]ccc23)C1. The molecule has 1 aliphatic heterocycles. The number of aromatic amines is 1. The molecular formula is C22H26N6O. The molecule has 29 heavy (non-hydrogen) atoms. The van der Waals surface area contributed by atoms with Crippen LogP contribution in [-0.2, 0) is 11.2 Å². The summed E-state index contributed by atoms with van der Waals surface area (Å²) >= 11 is 0. The number of carbonyl (C=O) groups excluding carboxylic acids is 1. The first-order valence-corrected chi connectivity index (χ1v) is 10.4. The normalized spacial score (nSPS) is 21.3. The molecule has 0 radical (unpaired) electrons. The number of amides is 1. The number of rotatable bonds is 5. The Balaban J connectivity index is 1.18. The van der Waals surface area contributed by atoms with Crippen LogP contribution in [0, 0.1) is 0 Å². The van der Waals surface area contributed by atoms with Crippen LogP contribution in [0.25, 0.3) is 11.0 Å². The lowest BCUT2D eigenvalue weighted by atomic mass is 10.1. The standard InChI is InChI=1S/C22H26N6O/c29-20(12-24-19-8-7-15-4-1-2-6-17(15)19)27-16-5-3-11-28(13-16)22-18-9-10-23-21(18)25-14-26-22/h1-2,4,6,9-10,14,16,19,24H,3,5,7-8,11-13H2,(H,27,29)(H,23,25,26). The zero-order valence-electron chi connectivity index (χ0n) is 16.4. The lowest BCUT2D eigenvalue weighted by Gasteiger charge is -2.34. The number of hydrogen-bond donors (Lipinski definition) is 3. The number of benzene rings is 1. The second kappa shape index (κ2) is 7.83. The molecule has 1 fully saturated rings. The van der Waals surface area contributed by atoms with Crippen LogP contribution in [0.3, 0.4) is 0 Å². The third-order valence-corrected chi connectivity index (χ3v) is 6.06. The first-order valence-electron chi connectivity index (χ1n) is 10.4. The molecule has 0 bridgehead atoms. The topological polar surface area (TPSA) is 85.9 Å². The fourth-order valence-electron chi connectivity index (χ4n) is 4.66. The van der Waals surface area contributed by atoms with Gasteiger partial charge in [-0.1, -0.05) is 24.3 Å². The van der Waals surface area contributed by atoms with Crippen LogP contribution < -0.4 is 15.5 Å². The van der Waals surface area contributed by atoms with Gasteiger partial charge in [0.05, 0.1) is 11.9 Å². The van der Waals surface area contributed by atoms with E-state index in [1.807, 2.05) is 12.3 Å². The van der Waals surface area contributed by atoms with E-state index < -0.39 is 0 Å². The average molecular weight is 390 g/mol. The summed E-state index contributed by atoms with van der Waals surface area (Å²) in [7, 11) is 0. The smallest absolute Gasteiger partial charge is 0.234 e. The molecule has 2 aromatic heterocycles. The van der Waals surface area contributed by atoms with E-state index in [2.05, 4.69) is 54.8 Å². The van der Waals surface area contributed by atoms with Crippen molar-refractivity contribution < 1.29 is 4.79 Å². The van der Waals surface area contributed by atoms with Gasteiger partial charge in [0.2, 0.25) is 5.91 Å². The first-order chi connectivity index (χ1) is 14.3. The van der Waals surface area contributed by atoms with Crippen molar-refractivity contribution in [1.82, 2.24) is 25.6 Å². The molecule has 2 aliphatic rings. The van der Waals surface area contributed by atoms with Crippen LogP contribution in [0.1, 0.15) is 36.4 Å². The van der Waals surface area contributed by atoms with E-state index in [1.54, 1.807) is 6.33 Å². The first kappa shape index (κ1) is 18.1. The van der Waals surface area contributed by atoms with Crippen LogP contribution in [-0.4, -0.2) is 46.5 Å². The van der Waals surface area contributed by atoms with Gasteiger partial charge >= 0.3 is 0 Å². The van der Waals surface area contributed by atoms with Crippen LogP contribution in [0.5, 0.6) is 0 Å². The van der Waals surface area contributed by atoms with Gasteiger partial charge < -0.3 is 20.5 Å². The number of nitrogens with one attached hydrogen (secondary N) is 3. The maximum atomic E-state index is 12.6. The number of hydrogen-bond acceptors (Lipinski definition) is 5. The molecule has 1 amide bonds. The zero-order valence-corrected chi connectivity index (χ0v) is 16.4. The van der Waals surface area contributed by atoms with Crippen molar-refractivity contribution in [2.24, 2.45) is 0 Å². The van der Waals surface area contributed by atoms with Gasteiger partial charge in [-0.25, -0.2) is 9.97 Å². The molecule has 1 saturated heterocycles. The van der Waals surface area contributed by atoms with E-state index >= 15 is 0 Å². The molecule has 150 valence electrons. The summed E-state index contributed by atoms with van der Waals surface area (Å²) in [4.78, 5) is 26.7. The van der Waals surface area contributed by atoms with Gasteiger partial charge in [-0.2, -0.15) is 0 Å². The van der Waals surface area contributed by atoms with E-state index in [4.69, 9.17) is 0 Å². The lowest BCUT2D eigenvalue weighted by Crippen LogP contribution is -2.50. The molecule has 3 N–H and O–H groups in total. The van der Waals surface area contributed by atoms with Crippen molar-refractivity contribution in [1.29, 1.82) is 0 Å². The highest BCUT2D eigenvalue weighted by Gasteiger charge is 2.25. The van der Waals surface area contributed by atoms with Crippen molar-refractivity contribution in [3.63, 3.8) is 0 Å². The third kappa shape index (κ3) is 3.70. The number of aromatic nitrogens is 3. The molecule has 1 aromatic carbocycles. The Morgan fingerprint density at radius 2 is 2.14 bits per heavy atom. The van der Waals surface area contributed by atoms with Crippen LogP contribution >= 0.6 is 0 Å². The van der Waals surface area contributed by atoms with Crippen molar-refractivity contribution in [3.05, 3.63) is 54.0 Å². The van der Waals surface area contributed by atoms with E-state index in [0.29, 0.717) is 6.54 Å². The summed E-state index contributed by atoms with van der Waals surface area (Å²) in [5, 5.41) is 7.68. The molecule has 2 unspecified atom stereocenters. The number of fused-ring (bicyclic) bond motifs is 2. The van der Waals surface area contributed by atoms with E-state index in [-0.39, 0.29) is 18.0 Å². The summed E-state index contributed by atoms with van der Waals surface area (Å²) < 4.78 is 0. The van der Waals surface area contributed by atoms with E-state index in [1.165, 1.54) is 11.1 Å². The average Bonchev–Trinajstić information content (AvgIpc) is 3.39. The van der Waals surface area contributed by atoms with Crippen LogP contribution in [0.4, 0.5) is 5.82 Å². The number of anilines is 1. The van der Waals surface area contributed by atoms with Gasteiger partial charge in [0.15, 0.2) is 0 Å². The Hall–Kier alpha value is -2.93. The molecule has 0 spiro atoms. The molecule has 1 aliphatic carbocycles. The van der Waals surface area contributed by atoms with Crippen molar-refractivity contribution in [3.8, 4) is 0 Å². The molecule has 3 heterocycles. The Bertz CT molecular complexity index is 1020. The third-order valence-electron chi connectivity index (χ3n) is 6.06. The van der Waals surface area contributed by atoms with Crippen LogP contribution in [0.2, 0.25) is 0 Å². The number of aryl methyl sites for hydroxylation is 1. The molecule has 2 atom stereocenters. The van der Waals surface area contributed by atoms with Gasteiger partial charge in [0, 0.05) is 31.4 Å². The minimum atomic E-state index is 0.0655. The summed E-state index contributed by atoms with van der Waals surface area (Å²) in [6.45, 7) is 2.07. The monoisotopic (exact) mass is 390 g/mol. The summed E-state index contributed by atoms with van der Waals surface area (Å²) in [5.74, 6) is 1.01. The molecular weight excluding hydrogens is 364 g/mol. The summed E-state index contributed by atoms with van der Waals surface area (Å²) in [6.07, 6.45) is 7.66. The Labute approximate surface area is 169 Å². The number of carbonyl (C=O) groups is 1. The number of nitrogens with zero attached hydrogens (tertiary/aromatic N) is 3. The second-order valence-electron chi connectivity index (χ2n) is 7.96. The maximum Gasteiger partial charge on any atom is 0.234 e. The summed E-state index contributed by atoms with van der Waals surface area (Å²) in [5.41, 5.74) is 3.58. The van der Waals surface area contributed by atoms with Gasteiger partial charge in [-0.05, 0) is 42.9 Å². The van der Waals surface area contributed by atoms with Gasteiger partial charge in [-0.15, -0.1) is 0 Å². The van der Waals surface area contributed by atoms with Crippen molar-refractivity contribution in [2.75, 3.05) is 24.5 Å². The molecule has 7 nitrogen and oxygen atoms in total. The van der Waals surface area contributed by atoms with E-state index in [0.717, 1.165) is 55.6 Å². The predicted molar refractivity (Wildman–Crippen MR) is 113 cm³/mol. The summed E-state index contributed by atoms with van der Waals surface area (Å²) in [6, 6.07) is 10.9. The molecule has 5 rings (SSSR count). The highest BCUT2D eigenvalue weighted by atomic mass is 16.2. The Kier molecular flexibility index (Phi) is 4.89. The number of H-pyrrole nitrogens is 1. The van der Waals surface area contributed by atoms with Crippen molar-refractivity contribution >= 4 is 22.8 Å². The largest absolute Gasteiger partial charge is 0.354 e. The second-order valence-corrected chi connectivity index (χ2v) is 7.96. The fraction of sp³-hybridized carbons (Fsp3) is 0.409. The number of piperidine rings is 1. The quantitative estimate of drug-likeness (QED) is 0.623. The highest BCUT2D eigenvalue weighted by molar-refractivity contribution is 5.87. The minimum absolute atomic E-state index is 0.0655. The van der Waals surface area contributed by atoms with Crippen LogP contribution in [0.15, 0.2) is 42.9 Å².